The Balaban J connectivity index is 2.18. The molecule has 0 aromatic heterocycles. The summed E-state index contributed by atoms with van der Waals surface area (Å²) in [5.41, 5.74) is 1.03. The first kappa shape index (κ1) is 18.7. The van der Waals surface area contributed by atoms with Crippen LogP contribution in [0.3, 0.4) is 0 Å². The van der Waals surface area contributed by atoms with Crippen molar-refractivity contribution in [3.8, 4) is 11.1 Å². The van der Waals surface area contributed by atoms with Gasteiger partial charge in [-0.25, -0.2) is 0 Å². The van der Waals surface area contributed by atoms with E-state index in [4.69, 9.17) is 15.6 Å². The fourth-order valence-electron chi connectivity index (χ4n) is 2.30. The van der Waals surface area contributed by atoms with Crippen LogP contribution in [0.4, 0.5) is 13.2 Å². The molecule has 0 aliphatic rings. The molecule has 2 aromatic rings. The van der Waals surface area contributed by atoms with Gasteiger partial charge in [-0.15, -0.1) is 0 Å². The highest BCUT2D eigenvalue weighted by molar-refractivity contribution is 5.87. The summed E-state index contributed by atoms with van der Waals surface area (Å²) in [5, 5.41) is 24.9. The number of aliphatic hydroxyl groups is 1. The van der Waals surface area contributed by atoms with E-state index in [1.807, 2.05) is 0 Å². The Morgan fingerprint density at radius 1 is 1.08 bits per heavy atom. The molecule has 25 heavy (non-hydrogen) atoms. The minimum absolute atomic E-state index is 0.104. The van der Waals surface area contributed by atoms with Gasteiger partial charge < -0.3 is 9.84 Å². The zero-order chi connectivity index (χ0) is 18.6. The zero-order valence-corrected chi connectivity index (χ0v) is 13.4. The molecule has 132 valence electrons. The molecule has 4 nitrogen and oxygen atoms in total. The van der Waals surface area contributed by atoms with Gasteiger partial charge in [0.1, 0.15) is 0 Å². The van der Waals surface area contributed by atoms with Crippen LogP contribution >= 0.6 is 0 Å². The first-order valence-corrected chi connectivity index (χ1v) is 7.43. The summed E-state index contributed by atoms with van der Waals surface area (Å²) in [6.45, 7) is 1.38. The van der Waals surface area contributed by atoms with Gasteiger partial charge in [-0.1, -0.05) is 30.3 Å². The summed E-state index contributed by atoms with van der Waals surface area (Å²) in [6, 6.07) is 11.5. The fraction of sp³-hybridized carbons (Fsp3) is 0.222. The first-order valence-electron chi connectivity index (χ1n) is 7.43. The molecule has 1 unspecified atom stereocenters. The van der Waals surface area contributed by atoms with Gasteiger partial charge in [-0.3, -0.25) is 10.8 Å². The van der Waals surface area contributed by atoms with Crippen LogP contribution in [-0.2, 0) is 10.9 Å². The Labute approximate surface area is 142 Å². The van der Waals surface area contributed by atoms with Crippen LogP contribution in [0.1, 0.15) is 30.6 Å². The number of ether oxygens (including phenoxy) is 1. The van der Waals surface area contributed by atoms with Crippen LogP contribution in [0.5, 0.6) is 0 Å². The van der Waals surface area contributed by atoms with Crippen molar-refractivity contribution in [3.63, 3.8) is 0 Å². The number of hydrogen-bond acceptors (Lipinski definition) is 4. The lowest BCUT2D eigenvalue weighted by molar-refractivity contribution is -0.137. The highest BCUT2D eigenvalue weighted by atomic mass is 19.4. The molecule has 0 amide bonds. The number of nitrogens with one attached hydrogen (secondary N) is 2. The second kappa shape index (κ2) is 7.48. The smallest absolute Gasteiger partial charge is 0.416 e. The summed E-state index contributed by atoms with van der Waals surface area (Å²) < 4.78 is 42.7. The number of hydrogen-bond donors (Lipinski definition) is 3. The summed E-state index contributed by atoms with van der Waals surface area (Å²) in [7, 11) is 0. The first-order chi connectivity index (χ1) is 11.7. The van der Waals surface area contributed by atoms with Crippen molar-refractivity contribution in [2.24, 2.45) is 0 Å². The van der Waals surface area contributed by atoms with E-state index in [-0.39, 0.29) is 18.2 Å². The standard InChI is InChI=1S/C18H17F3N2O2/c1-11(22)25-17(23)10-16(24)14-4-2-3-13(9-14)12-5-7-15(8-6-12)18(19,20)21/h2-9,16,22-24H,10H2,1H3. The normalized spacial score (nSPS) is 12.5. The van der Waals surface area contributed by atoms with Gasteiger partial charge in [0.25, 0.3) is 0 Å². The number of benzene rings is 2. The summed E-state index contributed by atoms with van der Waals surface area (Å²) in [5.74, 6) is -0.379. The zero-order valence-electron chi connectivity index (χ0n) is 13.4. The van der Waals surface area contributed by atoms with Crippen LogP contribution in [0.2, 0.25) is 0 Å². The maximum absolute atomic E-state index is 12.6. The monoisotopic (exact) mass is 350 g/mol. The number of aliphatic hydroxyl groups excluding tert-OH is 1. The molecule has 2 rings (SSSR count). The Morgan fingerprint density at radius 3 is 2.28 bits per heavy atom. The Hall–Kier alpha value is -2.67. The lowest BCUT2D eigenvalue weighted by Crippen LogP contribution is -2.12. The molecular weight excluding hydrogens is 333 g/mol. The molecule has 0 aliphatic carbocycles. The highest BCUT2D eigenvalue weighted by Gasteiger charge is 2.29. The molecule has 0 spiro atoms. The van der Waals surface area contributed by atoms with Gasteiger partial charge in [0.05, 0.1) is 18.1 Å². The van der Waals surface area contributed by atoms with E-state index in [0.717, 1.165) is 12.1 Å². The maximum Gasteiger partial charge on any atom is 0.416 e. The largest absolute Gasteiger partial charge is 0.430 e. The quantitative estimate of drug-likeness (QED) is 0.548. The van der Waals surface area contributed by atoms with Crippen LogP contribution in [0.25, 0.3) is 11.1 Å². The minimum atomic E-state index is -4.38. The third-order valence-corrected chi connectivity index (χ3v) is 3.47. The lowest BCUT2D eigenvalue weighted by atomic mass is 9.98. The van der Waals surface area contributed by atoms with Crippen molar-refractivity contribution < 1.29 is 23.0 Å². The van der Waals surface area contributed by atoms with Gasteiger partial charge in [-0.05, 0) is 34.9 Å². The Morgan fingerprint density at radius 2 is 1.72 bits per heavy atom. The molecule has 0 aliphatic heterocycles. The van der Waals surface area contributed by atoms with Crippen molar-refractivity contribution in [1.82, 2.24) is 0 Å². The molecule has 0 saturated heterocycles. The van der Waals surface area contributed by atoms with Crippen molar-refractivity contribution in [2.45, 2.75) is 25.6 Å². The minimum Gasteiger partial charge on any atom is -0.430 e. The van der Waals surface area contributed by atoms with Crippen molar-refractivity contribution in [2.75, 3.05) is 0 Å². The van der Waals surface area contributed by atoms with E-state index in [9.17, 15) is 18.3 Å². The van der Waals surface area contributed by atoms with E-state index in [1.54, 1.807) is 24.3 Å². The summed E-state index contributed by atoms with van der Waals surface area (Å²) in [6.07, 6.45) is -5.50. The number of alkyl halides is 3. The van der Waals surface area contributed by atoms with Crippen molar-refractivity contribution in [3.05, 3.63) is 59.7 Å². The van der Waals surface area contributed by atoms with E-state index < -0.39 is 17.8 Å². The van der Waals surface area contributed by atoms with Crippen molar-refractivity contribution in [1.29, 1.82) is 10.8 Å². The van der Waals surface area contributed by atoms with E-state index in [0.29, 0.717) is 16.7 Å². The van der Waals surface area contributed by atoms with Gasteiger partial charge in [0.2, 0.25) is 0 Å². The molecule has 0 radical (unpaired) electrons. The summed E-state index contributed by atoms with van der Waals surface area (Å²) >= 11 is 0. The van der Waals surface area contributed by atoms with Crippen molar-refractivity contribution >= 4 is 11.8 Å². The molecule has 0 saturated carbocycles. The molecule has 3 N–H and O–H groups in total. The Kier molecular flexibility index (Phi) is 5.58. The molecule has 1 atom stereocenters. The average molecular weight is 350 g/mol. The third-order valence-electron chi connectivity index (χ3n) is 3.47. The molecule has 7 heteroatoms. The van der Waals surface area contributed by atoms with E-state index in [1.165, 1.54) is 19.1 Å². The van der Waals surface area contributed by atoms with Gasteiger partial charge in [-0.2, -0.15) is 13.2 Å². The number of rotatable bonds is 4. The van der Waals surface area contributed by atoms with Crippen LogP contribution < -0.4 is 0 Å². The summed E-state index contributed by atoms with van der Waals surface area (Å²) in [4.78, 5) is 0. The SMILES string of the molecule is CC(=N)OC(=N)CC(O)c1cccc(-c2ccc(C(F)(F)F)cc2)c1. The molecule has 2 aromatic carbocycles. The molecule has 0 bridgehead atoms. The van der Waals surface area contributed by atoms with E-state index in [2.05, 4.69) is 0 Å². The van der Waals surface area contributed by atoms with Crippen LogP contribution in [-0.4, -0.2) is 16.9 Å². The van der Waals surface area contributed by atoms with Gasteiger partial charge >= 0.3 is 6.18 Å². The lowest BCUT2D eigenvalue weighted by Gasteiger charge is -2.13. The number of halogens is 3. The third kappa shape index (κ3) is 5.15. The van der Waals surface area contributed by atoms with Gasteiger partial charge in [0.15, 0.2) is 11.8 Å². The van der Waals surface area contributed by atoms with Crippen LogP contribution in [0.15, 0.2) is 48.5 Å². The second-order valence-corrected chi connectivity index (χ2v) is 5.50. The topological polar surface area (TPSA) is 77.2 Å². The fourth-order valence-corrected chi connectivity index (χ4v) is 2.30. The highest BCUT2D eigenvalue weighted by Crippen LogP contribution is 2.31. The Bertz CT molecular complexity index is 771. The molecule has 0 fully saturated rings. The average Bonchev–Trinajstić information content (AvgIpc) is 2.53. The predicted molar refractivity (Wildman–Crippen MR) is 88.7 cm³/mol. The molecule has 0 heterocycles. The van der Waals surface area contributed by atoms with Gasteiger partial charge in [0, 0.05) is 6.92 Å². The molecular formula is C18H17F3N2O2. The van der Waals surface area contributed by atoms with Crippen LogP contribution in [0, 0.1) is 10.8 Å². The second-order valence-electron chi connectivity index (χ2n) is 5.50. The van der Waals surface area contributed by atoms with E-state index >= 15 is 0 Å². The predicted octanol–water partition coefficient (Wildman–Crippen LogP) is 4.79. The maximum atomic E-state index is 12.6.